The lowest BCUT2D eigenvalue weighted by Gasteiger charge is -2.25. The fraction of sp³-hybridized carbons (Fsp3) is 0.878. The normalized spacial score (nSPS) is 13.9. The van der Waals surface area contributed by atoms with Crippen LogP contribution in [0.5, 0.6) is 0 Å². The van der Waals surface area contributed by atoms with Crippen molar-refractivity contribution in [2.24, 2.45) is 0 Å². The van der Waals surface area contributed by atoms with Gasteiger partial charge in [-0.05, 0) is 64.2 Å². The van der Waals surface area contributed by atoms with Crippen LogP contribution in [0.3, 0.4) is 0 Å². The maximum atomic E-state index is 13.1. The fourth-order valence-corrected chi connectivity index (χ4v) is 11.8. The number of hydrogen-bond donors (Lipinski definition) is 3. The number of hydrogen-bond acceptors (Lipinski definition) is 5. The number of phosphoric ester groups is 1. The van der Waals surface area contributed by atoms with E-state index in [4.69, 9.17) is 9.05 Å². The first-order valence-corrected chi connectivity index (χ1v) is 38.0. The summed E-state index contributed by atoms with van der Waals surface area (Å²) in [5.41, 5.74) is 0. The van der Waals surface area contributed by atoms with Gasteiger partial charge in [-0.3, -0.25) is 13.8 Å². The zero-order chi connectivity index (χ0) is 60.5. The molecule has 0 rings (SSSR count). The molecule has 0 spiro atoms. The van der Waals surface area contributed by atoms with E-state index in [1.54, 1.807) is 6.08 Å². The van der Waals surface area contributed by atoms with E-state index in [0.717, 1.165) is 44.9 Å². The van der Waals surface area contributed by atoms with Gasteiger partial charge in [-0.1, -0.05) is 345 Å². The van der Waals surface area contributed by atoms with Crippen LogP contribution in [-0.4, -0.2) is 73.4 Å². The number of nitrogens with one attached hydrogen (secondary N) is 1. The third-order valence-electron chi connectivity index (χ3n) is 16.8. The highest BCUT2D eigenvalue weighted by Gasteiger charge is 2.28. The smallest absolute Gasteiger partial charge is 0.387 e. The third kappa shape index (κ3) is 67.8. The van der Waals surface area contributed by atoms with Crippen molar-refractivity contribution in [3.63, 3.8) is 0 Å². The molecule has 490 valence electrons. The molecular weight excluding hydrogens is 1040 g/mol. The minimum atomic E-state index is -4.36. The maximum absolute atomic E-state index is 13.1. The van der Waals surface area contributed by atoms with Gasteiger partial charge in [0.05, 0.1) is 39.9 Å². The van der Waals surface area contributed by atoms with Crippen LogP contribution in [0.1, 0.15) is 367 Å². The van der Waals surface area contributed by atoms with E-state index in [2.05, 4.69) is 55.6 Å². The van der Waals surface area contributed by atoms with Crippen molar-refractivity contribution in [2.75, 3.05) is 40.9 Å². The second kappa shape index (κ2) is 64.9. The molecule has 9 heteroatoms. The van der Waals surface area contributed by atoms with Gasteiger partial charge in [-0.15, -0.1) is 0 Å². The van der Waals surface area contributed by atoms with Gasteiger partial charge < -0.3 is 19.8 Å². The highest BCUT2D eigenvalue weighted by atomic mass is 31.2. The largest absolute Gasteiger partial charge is 0.472 e. The molecule has 3 atom stereocenters. The Morgan fingerprint density at radius 3 is 1.04 bits per heavy atom. The van der Waals surface area contributed by atoms with E-state index in [1.807, 2.05) is 27.2 Å². The standard InChI is InChI=1S/C74H143N2O6P/c1-6-8-10-12-14-16-18-20-22-24-26-28-30-32-34-36-38-40-42-44-46-48-50-52-54-56-58-60-62-64-66-68-74(78)75-72(71-82-83(79,80)81-70-69-76(3,4)5)73(77)67-65-63-61-59-57-55-53-51-49-47-45-43-41-39-37-35-33-31-29-27-25-23-21-19-17-15-13-11-9-7-2/h18,20,24,26,57,59,65,67,72-73,77H,6-17,19,21-23,25,27-56,58,60-64,66,68-71H2,1-5H3,(H-,75,78,79,80)/p+1/b20-18-,26-24-,59-57+,67-65+. The second-order valence-electron chi connectivity index (χ2n) is 26.3. The first-order chi connectivity index (χ1) is 40.5. The number of quaternary nitrogens is 1. The van der Waals surface area contributed by atoms with Crippen LogP contribution in [0.4, 0.5) is 0 Å². The fourth-order valence-electron chi connectivity index (χ4n) is 11.1. The van der Waals surface area contributed by atoms with E-state index in [1.165, 1.54) is 302 Å². The minimum Gasteiger partial charge on any atom is -0.387 e. The zero-order valence-electron chi connectivity index (χ0n) is 56.2. The summed E-state index contributed by atoms with van der Waals surface area (Å²) in [6.07, 6.45) is 88.5. The highest BCUT2D eigenvalue weighted by Crippen LogP contribution is 2.43. The van der Waals surface area contributed by atoms with Gasteiger partial charge in [0.1, 0.15) is 13.2 Å². The molecule has 0 aromatic rings. The van der Waals surface area contributed by atoms with Crippen LogP contribution < -0.4 is 5.32 Å². The van der Waals surface area contributed by atoms with E-state index in [0.29, 0.717) is 17.4 Å². The molecule has 3 N–H and O–H groups in total. The van der Waals surface area contributed by atoms with Gasteiger partial charge in [0.25, 0.3) is 0 Å². The first kappa shape index (κ1) is 81.5. The van der Waals surface area contributed by atoms with Crippen LogP contribution in [0.15, 0.2) is 48.6 Å². The van der Waals surface area contributed by atoms with Crippen molar-refractivity contribution in [2.45, 2.75) is 379 Å². The Balaban J connectivity index is 4.06. The Morgan fingerprint density at radius 2 is 0.699 bits per heavy atom. The van der Waals surface area contributed by atoms with Crippen LogP contribution in [0.25, 0.3) is 0 Å². The molecule has 0 aliphatic carbocycles. The van der Waals surface area contributed by atoms with Crippen LogP contribution in [-0.2, 0) is 18.4 Å². The topological polar surface area (TPSA) is 105 Å². The molecular formula is C74H144N2O6P+. The Kier molecular flexibility index (Phi) is 63.7. The molecule has 0 aromatic carbocycles. The van der Waals surface area contributed by atoms with Crippen LogP contribution in [0.2, 0.25) is 0 Å². The summed E-state index contributed by atoms with van der Waals surface area (Å²) >= 11 is 0. The lowest BCUT2D eigenvalue weighted by Crippen LogP contribution is -2.45. The Morgan fingerprint density at radius 1 is 0.410 bits per heavy atom. The van der Waals surface area contributed by atoms with E-state index in [9.17, 15) is 19.4 Å². The third-order valence-corrected chi connectivity index (χ3v) is 17.8. The lowest BCUT2D eigenvalue weighted by atomic mass is 10.0. The molecule has 0 radical (unpaired) electrons. The van der Waals surface area contributed by atoms with E-state index < -0.39 is 20.0 Å². The van der Waals surface area contributed by atoms with Crippen molar-refractivity contribution in [3.05, 3.63) is 48.6 Å². The summed E-state index contributed by atoms with van der Waals surface area (Å²) in [5, 5.41) is 14.0. The number of rotatable bonds is 68. The molecule has 0 fully saturated rings. The van der Waals surface area contributed by atoms with Crippen LogP contribution in [0, 0.1) is 0 Å². The number of nitrogens with zero attached hydrogens (tertiary/aromatic N) is 1. The lowest BCUT2D eigenvalue weighted by molar-refractivity contribution is -0.870. The minimum absolute atomic E-state index is 0.0572. The number of likely N-dealkylation sites (N-methyl/N-ethyl adjacent to an activating group) is 1. The second-order valence-corrected chi connectivity index (χ2v) is 27.8. The molecule has 3 unspecified atom stereocenters. The first-order valence-electron chi connectivity index (χ1n) is 36.5. The maximum Gasteiger partial charge on any atom is 0.472 e. The summed E-state index contributed by atoms with van der Waals surface area (Å²) < 4.78 is 23.8. The van der Waals surface area contributed by atoms with Crippen LogP contribution >= 0.6 is 7.82 Å². The highest BCUT2D eigenvalue weighted by molar-refractivity contribution is 7.47. The Hall–Kier alpha value is -1.54. The average Bonchev–Trinajstić information content (AvgIpc) is 3.49. The SMILES string of the molecule is CCCCCCC/C=C\C/C=C\CCCCCCCCCCCCCCCCCCCCCC(=O)NC(COP(=O)(O)OCC[N+](C)(C)C)C(O)/C=C/CC/C=C/CCCCCCCCCCCCCCCCCCCCCCCCCC. The van der Waals surface area contributed by atoms with Crippen molar-refractivity contribution in [1.29, 1.82) is 0 Å². The molecule has 0 aliphatic heterocycles. The molecule has 1 amide bonds. The van der Waals surface area contributed by atoms with Gasteiger partial charge >= 0.3 is 7.82 Å². The quantitative estimate of drug-likeness (QED) is 0.0243. The molecule has 0 heterocycles. The number of aliphatic hydroxyl groups is 1. The van der Waals surface area contributed by atoms with E-state index >= 15 is 0 Å². The predicted molar refractivity (Wildman–Crippen MR) is 364 cm³/mol. The number of allylic oxidation sites excluding steroid dienone is 7. The average molecular weight is 1190 g/mol. The monoisotopic (exact) mass is 1190 g/mol. The molecule has 0 aliphatic rings. The summed E-state index contributed by atoms with van der Waals surface area (Å²) in [5.74, 6) is -0.180. The molecule has 83 heavy (non-hydrogen) atoms. The van der Waals surface area contributed by atoms with E-state index in [-0.39, 0.29) is 19.1 Å². The van der Waals surface area contributed by atoms with Gasteiger partial charge in [0.15, 0.2) is 0 Å². The van der Waals surface area contributed by atoms with Crippen molar-refractivity contribution >= 4 is 13.7 Å². The van der Waals surface area contributed by atoms with Crippen molar-refractivity contribution < 1.29 is 32.9 Å². The summed E-state index contributed by atoms with van der Waals surface area (Å²) in [6, 6.07) is -0.865. The predicted octanol–water partition coefficient (Wildman–Crippen LogP) is 23.4. The molecule has 0 aromatic heterocycles. The van der Waals surface area contributed by atoms with Gasteiger partial charge in [-0.25, -0.2) is 4.57 Å². The van der Waals surface area contributed by atoms with Gasteiger partial charge in [0, 0.05) is 6.42 Å². The number of carbonyl (C=O) groups excluding carboxylic acids is 1. The number of unbranched alkanes of at least 4 members (excludes halogenated alkanes) is 49. The number of amides is 1. The molecule has 0 bridgehead atoms. The number of aliphatic hydroxyl groups excluding tert-OH is 1. The number of carbonyl (C=O) groups is 1. The zero-order valence-corrected chi connectivity index (χ0v) is 57.1. The van der Waals surface area contributed by atoms with Crippen molar-refractivity contribution in [3.8, 4) is 0 Å². The van der Waals surface area contributed by atoms with Gasteiger partial charge in [0.2, 0.25) is 5.91 Å². The van der Waals surface area contributed by atoms with Gasteiger partial charge in [-0.2, -0.15) is 0 Å². The Bertz CT molecular complexity index is 1490. The molecule has 0 saturated heterocycles. The summed E-state index contributed by atoms with van der Waals surface area (Å²) in [4.78, 5) is 23.4. The molecule has 8 nitrogen and oxygen atoms in total. The molecule has 0 saturated carbocycles. The number of phosphoric acid groups is 1. The summed E-state index contributed by atoms with van der Waals surface area (Å²) in [6.45, 7) is 4.84. The summed E-state index contributed by atoms with van der Waals surface area (Å²) in [7, 11) is 1.57. The Labute approximate surface area is 518 Å². The van der Waals surface area contributed by atoms with Crippen molar-refractivity contribution in [1.82, 2.24) is 5.32 Å².